The normalized spacial score (nSPS) is 11.8. The molecule has 0 aliphatic carbocycles. The first-order chi connectivity index (χ1) is 12.6. The second-order valence-corrected chi connectivity index (χ2v) is 7.23. The van der Waals surface area contributed by atoms with Gasteiger partial charge in [-0.3, -0.25) is 0 Å². The molecule has 5 nitrogen and oxygen atoms in total. The lowest BCUT2D eigenvalue weighted by Gasteiger charge is -2.13. The molecule has 0 atom stereocenters. The van der Waals surface area contributed by atoms with Crippen LogP contribution < -0.4 is 9.47 Å². The summed E-state index contributed by atoms with van der Waals surface area (Å²) in [4.78, 5) is 4.34. The van der Waals surface area contributed by atoms with Crippen LogP contribution in [0.5, 0.6) is 11.5 Å². The van der Waals surface area contributed by atoms with E-state index in [0.29, 0.717) is 34.9 Å². The van der Waals surface area contributed by atoms with E-state index in [0.717, 1.165) is 11.1 Å². The maximum absolute atomic E-state index is 6.36. The second-order valence-electron chi connectivity index (χ2n) is 6.04. The summed E-state index contributed by atoms with van der Waals surface area (Å²) in [6, 6.07) is 7.54. The summed E-state index contributed by atoms with van der Waals surface area (Å²) in [5.74, 6) is 2.55. The van der Waals surface area contributed by atoms with Gasteiger partial charge in [-0.05, 0) is 41.1 Å². The molecule has 0 aliphatic heterocycles. The predicted molar refractivity (Wildman–Crippen MR) is 105 cm³/mol. The molecule has 0 amide bonds. The van der Waals surface area contributed by atoms with E-state index in [1.807, 2.05) is 35.0 Å². The Hall–Kier alpha value is -2.31. The van der Waals surface area contributed by atoms with Crippen LogP contribution in [0.4, 0.5) is 0 Å². The molecule has 2 heterocycles. The molecule has 0 fully saturated rings. The van der Waals surface area contributed by atoms with E-state index in [1.165, 1.54) is 0 Å². The highest BCUT2D eigenvalue weighted by atomic mass is 35.5. The van der Waals surface area contributed by atoms with E-state index < -0.39 is 0 Å². The second kappa shape index (κ2) is 8.38. The summed E-state index contributed by atoms with van der Waals surface area (Å²) >= 11 is 7.94. The van der Waals surface area contributed by atoms with Crippen molar-refractivity contribution in [2.24, 2.45) is 5.92 Å². The fourth-order valence-electron chi connectivity index (χ4n) is 2.19. The minimum atomic E-state index is 0.272. The van der Waals surface area contributed by atoms with Gasteiger partial charge < -0.3 is 14.0 Å². The summed E-state index contributed by atoms with van der Waals surface area (Å²) in [5, 5.41) is 8.24. The number of methoxy groups -OCH3 is 1. The van der Waals surface area contributed by atoms with Crippen LogP contribution in [0.25, 0.3) is 22.5 Å². The molecule has 0 saturated carbocycles. The number of thiophene rings is 1. The number of halogens is 1. The molecule has 136 valence electrons. The monoisotopic (exact) mass is 390 g/mol. The minimum Gasteiger partial charge on any atom is -0.493 e. The van der Waals surface area contributed by atoms with Gasteiger partial charge in [0.05, 0.1) is 13.7 Å². The van der Waals surface area contributed by atoms with Gasteiger partial charge in [0.15, 0.2) is 11.5 Å². The van der Waals surface area contributed by atoms with Gasteiger partial charge in [0.2, 0.25) is 5.82 Å². The van der Waals surface area contributed by atoms with Gasteiger partial charge in [-0.2, -0.15) is 16.3 Å². The molecule has 26 heavy (non-hydrogen) atoms. The van der Waals surface area contributed by atoms with Crippen molar-refractivity contribution < 1.29 is 14.0 Å². The number of nitrogens with zero attached hydrogens (tertiary/aromatic N) is 2. The number of aromatic nitrogens is 2. The lowest BCUT2D eigenvalue weighted by Crippen LogP contribution is -2.05. The molecule has 1 aromatic carbocycles. The Kier molecular flexibility index (Phi) is 5.96. The van der Waals surface area contributed by atoms with Crippen LogP contribution in [0.2, 0.25) is 0 Å². The first-order valence-electron chi connectivity index (χ1n) is 8.11. The average molecular weight is 391 g/mol. The smallest absolute Gasteiger partial charge is 0.269 e. The number of rotatable bonds is 7. The van der Waals surface area contributed by atoms with Crippen LogP contribution in [0.15, 0.2) is 39.5 Å². The van der Waals surface area contributed by atoms with Crippen LogP contribution in [-0.2, 0) is 0 Å². The van der Waals surface area contributed by atoms with Crippen LogP contribution in [0, 0.1) is 5.92 Å². The van der Waals surface area contributed by atoms with Crippen molar-refractivity contribution in [3.8, 4) is 22.9 Å². The molecule has 2 aromatic heterocycles. The highest BCUT2D eigenvalue weighted by molar-refractivity contribution is 7.08. The third-order valence-electron chi connectivity index (χ3n) is 3.46. The SMILES string of the molecule is COc1ccc(/C=C(\Cl)c2nc(-c3ccsc3)no2)cc1OCC(C)C. The highest BCUT2D eigenvalue weighted by Crippen LogP contribution is 2.31. The zero-order valence-electron chi connectivity index (χ0n) is 14.7. The van der Waals surface area contributed by atoms with E-state index in [9.17, 15) is 0 Å². The standard InChI is InChI=1S/C19H19ClN2O3S/c1-12(2)10-24-17-9-13(4-5-16(17)23-3)8-15(20)19-21-18(22-25-19)14-6-7-26-11-14/h4-9,11-12H,10H2,1-3H3/b15-8-. The maximum Gasteiger partial charge on any atom is 0.269 e. The largest absolute Gasteiger partial charge is 0.493 e. The summed E-state index contributed by atoms with van der Waals surface area (Å²) in [6.07, 6.45) is 1.76. The van der Waals surface area contributed by atoms with Crippen LogP contribution in [-0.4, -0.2) is 23.9 Å². The van der Waals surface area contributed by atoms with Crippen molar-refractivity contribution in [2.75, 3.05) is 13.7 Å². The quantitative estimate of drug-likeness (QED) is 0.527. The molecule has 3 rings (SSSR count). The first kappa shape index (κ1) is 18.5. The lowest BCUT2D eigenvalue weighted by molar-refractivity contribution is 0.257. The third kappa shape index (κ3) is 4.45. The Bertz CT molecular complexity index is 888. The van der Waals surface area contributed by atoms with E-state index in [4.69, 9.17) is 25.6 Å². The number of hydrogen-bond acceptors (Lipinski definition) is 6. The summed E-state index contributed by atoms with van der Waals surface area (Å²) < 4.78 is 16.4. The Morgan fingerprint density at radius 3 is 2.85 bits per heavy atom. The number of ether oxygens (including phenoxy) is 2. The fourth-order valence-corrected chi connectivity index (χ4v) is 3.03. The molecule has 0 saturated heterocycles. The van der Waals surface area contributed by atoms with Crippen LogP contribution in [0.3, 0.4) is 0 Å². The van der Waals surface area contributed by atoms with Crippen molar-refractivity contribution in [2.45, 2.75) is 13.8 Å². The van der Waals surface area contributed by atoms with Gasteiger partial charge >= 0.3 is 0 Å². The zero-order valence-corrected chi connectivity index (χ0v) is 16.3. The zero-order chi connectivity index (χ0) is 18.5. The van der Waals surface area contributed by atoms with Gasteiger partial charge in [0.25, 0.3) is 5.89 Å². The van der Waals surface area contributed by atoms with E-state index in [1.54, 1.807) is 24.5 Å². The van der Waals surface area contributed by atoms with Gasteiger partial charge in [0, 0.05) is 10.9 Å². The van der Waals surface area contributed by atoms with Gasteiger partial charge in [-0.1, -0.05) is 36.7 Å². The Morgan fingerprint density at radius 2 is 2.15 bits per heavy atom. The molecule has 0 unspecified atom stereocenters. The fraction of sp³-hybridized carbons (Fsp3) is 0.263. The van der Waals surface area contributed by atoms with Gasteiger partial charge in [-0.15, -0.1) is 0 Å². The molecule has 3 aromatic rings. The first-order valence-corrected chi connectivity index (χ1v) is 9.43. The van der Waals surface area contributed by atoms with Crippen molar-refractivity contribution in [3.05, 3.63) is 46.5 Å². The molecule has 0 spiro atoms. The molecule has 0 bridgehead atoms. The number of benzene rings is 1. The maximum atomic E-state index is 6.36. The number of hydrogen-bond donors (Lipinski definition) is 0. The Morgan fingerprint density at radius 1 is 1.31 bits per heavy atom. The molecule has 0 aliphatic rings. The van der Waals surface area contributed by atoms with Crippen LogP contribution in [0.1, 0.15) is 25.3 Å². The molecular formula is C19H19ClN2O3S. The molecule has 7 heteroatoms. The van der Waals surface area contributed by atoms with Crippen molar-refractivity contribution >= 4 is 34.0 Å². The average Bonchev–Trinajstić information content (AvgIpc) is 3.31. The Labute approximate surface area is 161 Å². The minimum absolute atomic E-state index is 0.272. The van der Waals surface area contributed by atoms with Crippen molar-refractivity contribution in [1.82, 2.24) is 10.1 Å². The molecule has 0 N–H and O–H groups in total. The summed E-state index contributed by atoms with van der Waals surface area (Å²) in [6.45, 7) is 4.78. The topological polar surface area (TPSA) is 57.4 Å². The Balaban J connectivity index is 1.83. The van der Waals surface area contributed by atoms with Crippen molar-refractivity contribution in [3.63, 3.8) is 0 Å². The van der Waals surface area contributed by atoms with E-state index in [-0.39, 0.29) is 5.89 Å². The summed E-state index contributed by atoms with van der Waals surface area (Å²) in [5.41, 5.74) is 1.76. The van der Waals surface area contributed by atoms with Crippen molar-refractivity contribution in [1.29, 1.82) is 0 Å². The molecule has 0 radical (unpaired) electrons. The van der Waals surface area contributed by atoms with Gasteiger partial charge in [-0.25, -0.2) is 0 Å². The van der Waals surface area contributed by atoms with Crippen LogP contribution >= 0.6 is 22.9 Å². The lowest BCUT2D eigenvalue weighted by atomic mass is 10.2. The van der Waals surface area contributed by atoms with E-state index in [2.05, 4.69) is 24.0 Å². The third-order valence-corrected chi connectivity index (χ3v) is 4.42. The molecular weight excluding hydrogens is 372 g/mol. The van der Waals surface area contributed by atoms with Gasteiger partial charge in [0.1, 0.15) is 5.03 Å². The predicted octanol–water partition coefficient (Wildman–Crippen LogP) is 5.58. The van der Waals surface area contributed by atoms with E-state index >= 15 is 0 Å². The highest BCUT2D eigenvalue weighted by Gasteiger charge is 2.13. The summed E-state index contributed by atoms with van der Waals surface area (Å²) in [7, 11) is 1.62.